The summed E-state index contributed by atoms with van der Waals surface area (Å²) in [6.45, 7) is 1.11. The van der Waals surface area contributed by atoms with E-state index in [-0.39, 0.29) is 5.75 Å². The third-order valence-electron chi connectivity index (χ3n) is 2.81. The highest BCUT2D eigenvalue weighted by Gasteiger charge is 2.05. The van der Waals surface area contributed by atoms with Crippen molar-refractivity contribution < 1.29 is 8.42 Å². The lowest BCUT2D eigenvalue weighted by Gasteiger charge is -2.05. The molecule has 2 rings (SSSR count). The third kappa shape index (κ3) is 3.32. The van der Waals surface area contributed by atoms with E-state index in [9.17, 15) is 8.42 Å². The first-order valence-corrected chi connectivity index (χ1v) is 7.44. The van der Waals surface area contributed by atoms with Crippen LogP contribution in [-0.2, 0) is 16.6 Å². The maximum absolute atomic E-state index is 11.2. The summed E-state index contributed by atoms with van der Waals surface area (Å²) in [7, 11) is -1.69. The zero-order chi connectivity index (χ0) is 13.0. The van der Waals surface area contributed by atoms with Crippen LogP contribution in [0.25, 0.3) is 10.9 Å². The molecule has 1 aromatic carbocycles. The van der Waals surface area contributed by atoms with Gasteiger partial charge in [-0.2, -0.15) is 0 Å². The molecule has 98 valence electrons. The fourth-order valence-electron chi connectivity index (χ4n) is 1.75. The maximum atomic E-state index is 11.2. The quantitative estimate of drug-likeness (QED) is 0.678. The molecule has 1 heterocycles. The first kappa shape index (κ1) is 13.1. The largest absolute Gasteiger partial charge is 0.361 e. The summed E-state index contributed by atoms with van der Waals surface area (Å²) >= 11 is 0. The van der Waals surface area contributed by atoms with E-state index in [0.29, 0.717) is 13.1 Å². The predicted octanol–water partition coefficient (Wildman–Crippen LogP) is 0.807. The van der Waals surface area contributed by atoms with E-state index in [4.69, 9.17) is 0 Å². The van der Waals surface area contributed by atoms with Crippen molar-refractivity contribution in [1.29, 1.82) is 0 Å². The summed E-state index contributed by atoms with van der Waals surface area (Å²) in [6, 6.07) is 8.16. The Morgan fingerprint density at radius 2 is 2.11 bits per heavy atom. The molecule has 0 unspecified atom stereocenters. The Labute approximate surface area is 107 Å². The number of aromatic nitrogens is 1. The van der Waals surface area contributed by atoms with Crippen molar-refractivity contribution in [3.8, 4) is 0 Å². The second-order valence-electron chi connectivity index (χ2n) is 4.10. The standard InChI is InChI=1S/C12H17N3O2S/c1-13-18(16,17)7-6-14-9-10-2-3-12-11(8-10)4-5-15-12/h2-5,8,13-15H,6-7,9H2,1H3. The molecule has 0 saturated carbocycles. The van der Waals surface area contributed by atoms with Crippen LogP contribution in [0.1, 0.15) is 5.56 Å². The van der Waals surface area contributed by atoms with Gasteiger partial charge in [-0.25, -0.2) is 13.1 Å². The number of hydrogen-bond acceptors (Lipinski definition) is 3. The van der Waals surface area contributed by atoms with Gasteiger partial charge in [-0.3, -0.25) is 0 Å². The zero-order valence-electron chi connectivity index (χ0n) is 10.2. The number of aromatic amines is 1. The Balaban J connectivity index is 1.86. The van der Waals surface area contributed by atoms with E-state index in [1.807, 2.05) is 24.4 Å². The number of sulfonamides is 1. The summed E-state index contributed by atoms with van der Waals surface area (Å²) in [5.74, 6) is 0.0932. The van der Waals surface area contributed by atoms with Crippen LogP contribution >= 0.6 is 0 Å². The van der Waals surface area contributed by atoms with Crippen LogP contribution in [0.4, 0.5) is 0 Å². The van der Waals surface area contributed by atoms with E-state index in [1.165, 1.54) is 7.05 Å². The van der Waals surface area contributed by atoms with Gasteiger partial charge in [0, 0.05) is 24.8 Å². The molecule has 0 aliphatic heterocycles. The van der Waals surface area contributed by atoms with E-state index in [0.717, 1.165) is 16.5 Å². The smallest absolute Gasteiger partial charge is 0.212 e. The summed E-state index contributed by atoms with van der Waals surface area (Å²) in [5, 5.41) is 4.28. The molecule has 6 heteroatoms. The zero-order valence-corrected chi connectivity index (χ0v) is 11.0. The number of benzene rings is 1. The molecule has 0 atom stereocenters. The minimum absolute atomic E-state index is 0.0932. The number of rotatable bonds is 6. The summed E-state index contributed by atoms with van der Waals surface area (Å²) in [6.07, 6.45) is 1.90. The van der Waals surface area contributed by atoms with Crippen LogP contribution < -0.4 is 10.0 Å². The Kier molecular flexibility index (Phi) is 4.00. The van der Waals surface area contributed by atoms with Gasteiger partial charge < -0.3 is 10.3 Å². The van der Waals surface area contributed by atoms with E-state index in [1.54, 1.807) is 0 Å². The monoisotopic (exact) mass is 267 g/mol. The molecule has 0 aliphatic rings. The first-order valence-electron chi connectivity index (χ1n) is 5.79. The van der Waals surface area contributed by atoms with Crippen molar-refractivity contribution in [3.05, 3.63) is 36.0 Å². The van der Waals surface area contributed by atoms with E-state index >= 15 is 0 Å². The van der Waals surface area contributed by atoms with Crippen LogP contribution in [0.15, 0.2) is 30.5 Å². The minimum atomic E-state index is -3.12. The van der Waals surface area contributed by atoms with Crippen LogP contribution in [0.5, 0.6) is 0 Å². The molecule has 2 aromatic rings. The lowest BCUT2D eigenvalue weighted by Crippen LogP contribution is -2.29. The summed E-state index contributed by atoms with van der Waals surface area (Å²) in [4.78, 5) is 3.13. The van der Waals surface area contributed by atoms with Gasteiger partial charge in [-0.15, -0.1) is 0 Å². The summed E-state index contributed by atoms with van der Waals surface area (Å²) < 4.78 is 24.7. The van der Waals surface area contributed by atoms with E-state index in [2.05, 4.69) is 21.1 Å². The lowest BCUT2D eigenvalue weighted by atomic mass is 10.1. The molecule has 0 amide bonds. The van der Waals surface area contributed by atoms with Crippen molar-refractivity contribution in [2.45, 2.75) is 6.54 Å². The van der Waals surface area contributed by atoms with Gasteiger partial charge in [0.25, 0.3) is 0 Å². The number of nitrogens with one attached hydrogen (secondary N) is 3. The number of fused-ring (bicyclic) bond motifs is 1. The molecular weight excluding hydrogens is 250 g/mol. The van der Waals surface area contributed by atoms with Crippen LogP contribution in [0, 0.1) is 0 Å². The molecule has 18 heavy (non-hydrogen) atoms. The average Bonchev–Trinajstić information content (AvgIpc) is 2.82. The Morgan fingerprint density at radius 1 is 1.28 bits per heavy atom. The van der Waals surface area contributed by atoms with Gasteiger partial charge in [0.05, 0.1) is 5.75 Å². The molecule has 0 fully saturated rings. The Bertz CT molecular complexity index is 619. The molecule has 5 nitrogen and oxygen atoms in total. The molecule has 0 saturated heterocycles. The van der Waals surface area contributed by atoms with Crippen molar-refractivity contribution in [3.63, 3.8) is 0 Å². The van der Waals surface area contributed by atoms with Gasteiger partial charge in [-0.1, -0.05) is 6.07 Å². The molecular formula is C12H17N3O2S. The van der Waals surface area contributed by atoms with E-state index < -0.39 is 10.0 Å². The first-order chi connectivity index (χ1) is 8.61. The van der Waals surface area contributed by atoms with Crippen molar-refractivity contribution >= 4 is 20.9 Å². The topological polar surface area (TPSA) is 74.0 Å². The molecule has 3 N–H and O–H groups in total. The fraction of sp³-hybridized carbons (Fsp3) is 0.333. The second-order valence-corrected chi connectivity index (χ2v) is 6.15. The molecule has 0 spiro atoms. The normalized spacial score (nSPS) is 12.1. The SMILES string of the molecule is CNS(=O)(=O)CCNCc1ccc2[nH]ccc2c1. The predicted molar refractivity (Wildman–Crippen MR) is 72.9 cm³/mol. The Morgan fingerprint density at radius 3 is 2.89 bits per heavy atom. The molecule has 0 bridgehead atoms. The maximum Gasteiger partial charge on any atom is 0.212 e. The minimum Gasteiger partial charge on any atom is -0.361 e. The van der Waals surface area contributed by atoms with Crippen molar-refractivity contribution in [2.24, 2.45) is 0 Å². The van der Waals surface area contributed by atoms with Gasteiger partial charge in [0.15, 0.2) is 0 Å². The number of hydrogen-bond donors (Lipinski definition) is 3. The van der Waals surface area contributed by atoms with Crippen LogP contribution in [0.2, 0.25) is 0 Å². The average molecular weight is 267 g/mol. The van der Waals surface area contributed by atoms with Gasteiger partial charge in [-0.05, 0) is 36.2 Å². The number of H-pyrrole nitrogens is 1. The van der Waals surface area contributed by atoms with Crippen molar-refractivity contribution in [1.82, 2.24) is 15.0 Å². The molecule has 0 aliphatic carbocycles. The van der Waals surface area contributed by atoms with Crippen molar-refractivity contribution in [2.75, 3.05) is 19.3 Å². The second kappa shape index (κ2) is 5.51. The van der Waals surface area contributed by atoms with Gasteiger partial charge >= 0.3 is 0 Å². The fourth-order valence-corrected chi connectivity index (χ4v) is 2.37. The Hall–Kier alpha value is -1.37. The highest BCUT2D eigenvalue weighted by atomic mass is 32.2. The highest BCUT2D eigenvalue weighted by Crippen LogP contribution is 2.13. The van der Waals surface area contributed by atoms with Crippen LogP contribution in [0.3, 0.4) is 0 Å². The summed E-state index contributed by atoms with van der Waals surface area (Å²) in [5.41, 5.74) is 2.25. The van der Waals surface area contributed by atoms with Gasteiger partial charge in [0.1, 0.15) is 0 Å². The molecule has 0 radical (unpaired) electrons. The lowest BCUT2D eigenvalue weighted by molar-refractivity contribution is 0.583. The van der Waals surface area contributed by atoms with Crippen LogP contribution in [-0.4, -0.2) is 32.7 Å². The van der Waals surface area contributed by atoms with Gasteiger partial charge in [0.2, 0.25) is 10.0 Å². The highest BCUT2D eigenvalue weighted by molar-refractivity contribution is 7.89. The third-order valence-corrected chi connectivity index (χ3v) is 4.17. The molecule has 1 aromatic heterocycles.